The second kappa shape index (κ2) is 4.80. The van der Waals surface area contributed by atoms with Gasteiger partial charge in [-0.25, -0.2) is 0 Å². The van der Waals surface area contributed by atoms with E-state index < -0.39 is 0 Å². The third-order valence-corrected chi connectivity index (χ3v) is 3.42. The molecule has 0 bridgehead atoms. The number of methoxy groups -OCH3 is 2. The van der Waals surface area contributed by atoms with Gasteiger partial charge in [-0.05, 0) is 28.1 Å². The first-order valence-corrected chi connectivity index (χ1v) is 6.07. The van der Waals surface area contributed by atoms with Crippen LogP contribution in [0.4, 0.5) is 0 Å². The lowest BCUT2D eigenvalue weighted by molar-refractivity contribution is 0.397. The van der Waals surface area contributed by atoms with E-state index in [0.717, 1.165) is 26.0 Å². The van der Waals surface area contributed by atoms with Crippen LogP contribution in [0.5, 0.6) is 11.5 Å². The maximum absolute atomic E-state index is 5.30. The summed E-state index contributed by atoms with van der Waals surface area (Å²) in [7, 11) is 3.24. The van der Waals surface area contributed by atoms with Crippen molar-refractivity contribution in [1.29, 1.82) is 0 Å². The maximum Gasteiger partial charge on any atom is 0.183 e. The topological polar surface area (TPSA) is 44.2 Å². The number of benzene rings is 1. The SMILES string of the molecule is COc1cccc(OC)c1-c1nnc(Br)s1. The molecule has 0 fully saturated rings. The van der Waals surface area contributed by atoms with E-state index in [-0.39, 0.29) is 0 Å². The van der Waals surface area contributed by atoms with E-state index >= 15 is 0 Å². The molecular formula is C10H9BrN2O2S. The van der Waals surface area contributed by atoms with Gasteiger partial charge in [0.2, 0.25) is 0 Å². The van der Waals surface area contributed by atoms with Crippen molar-refractivity contribution in [2.24, 2.45) is 0 Å². The lowest BCUT2D eigenvalue weighted by Gasteiger charge is -2.09. The van der Waals surface area contributed by atoms with Gasteiger partial charge in [0.1, 0.15) is 11.5 Å². The van der Waals surface area contributed by atoms with Crippen molar-refractivity contribution < 1.29 is 9.47 Å². The number of hydrogen-bond acceptors (Lipinski definition) is 5. The van der Waals surface area contributed by atoms with Gasteiger partial charge in [-0.2, -0.15) is 0 Å². The van der Waals surface area contributed by atoms with E-state index in [9.17, 15) is 0 Å². The maximum atomic E-state index is 5.30. The Morgan fingerprint density at radius 1 is 1.12 bits per heavy atom. The average Bonchev–Trinajstić information content (AvgIpc) is 2.74. The minimum absolute atomic E-state index is 0.725. The summed E-state index contributed by atoms with van der Waals surface area (Å²) in [6, 6.07) is 5.61. The van der Waals surface area contributed by atoms with Crippen molar-refractivity contribution in [1.82, 2.24) is 10.2 Å². The van der Waals surface area contributed by atoms with E-state index in [4.69, 9.17) is 9.47 Å². The van der Waals surface area contributed by atoms with E-state index in [1.54, 1.807) is 14.2 Å². The number of rotatable bonds is 3. The van der Waals surface area contributed by atoms with Gasteiger partial charge in [0, 0.05) is 0 Å². The molecule has 1 aromatic heterocycles. The van der Waals surface area contributed by atoms with Crippen LogP contribution in [0.25, 0.3) is 10.6 Å². The molecule has 16 heavy (non-hydrogen) atoms. The minimum Gasteiger partial charge on any atom is -0.496 e. The monoisotopic (exact) mass is 300 g/mol. The van der Waals surface area contributed by atoms with E-state index in [1.807, 2.05) is 18.2 Å². The quantitative estimate of drug-likeness (QED) is 0.874. The molecule has 1 aromatic carbocycles. The first-order valence-electron chi connectivity index (χ1n) is 4.46. The highest BCUT2D eigenvalue weighted by molar-refractivity contribution is 9.11. The highest BCUT2D eigenvalue weighted by Crippen LogP contribution is 2.40. The summed E-state index contributed by atoms with van der Waals surface area (Å²) in [5.74, 6) is 1.45. The van der Waals surface area contributed by atoms with Crippen LogP contribution in [-0.2, 0) is 0 Å². The number of aromatic nitrogens is 2. The van der Waals surface area contributed by atoms with E-state index in [1.165, 1.54) is 11.3 Å². The fraction of sp³-hybridized carbons (Fsp3) is 0.200. The Morgan fingerprint density at radius 3 is 2.19 bits per heavy atom. The Balaban J connectivity index is 2.60. The molecule has 6 heteroatoms. The fourth-order valence-electron chi connectivity index (χ4n) is 1.37. The summed E-state index contributed by atoms with van der Waals surface area (Å²) in [6.45, 7) is 0. The van der Waals surface area contributed by atoms with Crippen molar-refractivity contribution in [3.63, 3.8) is 0 Å². The third kappa shape index (κ3) is 2.03. The fourth-order valence-corrected chi connectivity index (χ4v) is 2.53. The average molecular weight is 301 g/mol. The van der Waals surface area contributed by atoms with Crippen LogP contribution >= 0.6 is 27.3 Å². The normalized spacial score (nSPS) is 10.2. The molecule has 2 rings (SSSR count). The number of nitrogens with zero attached hydrogens (tertiary/aromatic N) is 2. The molecule has 1 heterocycles. The van der Waals surface area contributed by atoms with Gasteiger partial charge in [-0.15, -0.1) is 10.2 Å². The molecule has 0 aliphatic heterocycles. The smallest absolute Gasteiger partial charge is 0.183 e. The molecule has 0 spiro atoms. The predicted octanol–water partition coefficient (Wildman–Crippen LogP) is 2.98. The Bertz CT molecular complexity index is 479. The highest BCUT2D eigenvalue weighted by atomic mass is 79.9. The summed E-state index contributed by atoms with van der Waals surface area (Å²) >= 11 is 4.72. The van der Waals surface area contributed by atoms with Crippen molar-refractivity contribution >= 4 is 27.3 Å². The summed E-state index contributed by atoms with van der Waals surface area (Å²) in [5.41, 5.74) is 0.829. The molecule has 0 radical (unpaired) electrons. The van der Waals surface area contributed by atoms with Crippen LogP contribution in [0.1, 0.15) is 0 Å². The number of ether oxygens (including phenoxy) is 2. The van der Waals surface area contributed by atoms with Crippen LogP contribution in [0.15, 0.2) is 22.1 Å². The van der Waals surface area contributed by atoms with Gasteiger partial charge in [0.15, 0.2) is 8.92 Å². The summed E-state index contributed by atoms with van der Waals surface area (Å²) < 4.78 is 11.3. The molecular weight excluding hydrogens is 292 g/mol. The zero-order valence-electron chi connectivity index (χ0n) is 8.73. The Morgan fingerprint density at radius 2 is 1.75 bits per heavy atom. The largest absolute Gasteiger partial charge is 0.496 e. The van der Waals surface area contributed by atoms with Gasteiger partial charge >= 0.3 is 0 Å². The van der Waals surface area contributed by atoms with Crippen molar-refractivity contribution in [3.8, 4) is 22.1 Å². The zero-order chi connectivity index (χ0) is 11.5. The lowest BCUT2D eigenvalue weighted by atomic mass is 10.2. The molecule has 0 amide bonds. The molecule has 0 unspecified atom stereocenters. The number of halogens is 1. The van der Waals surface area contributed by atoms with E-state index in [0.29, 0.717) is 0 Å². The van der Waals surface area contributed by atoms with Crippen LogP contribution in [0.3, 0.4) is 0 Å². The van der Waals surface area contributed by atoms with Gasteiger partial charge < -0.3 is 9.47 Å². The molecule has 0 aliphatic rings. The molecule has 0 saturated heterocycles. The highest BCUT2D eigenvalue weighted by Gasteiger charge is 2.16. The van der Waals surface area contributed by atoms with Gasteiger partial charge in [-0.1, -0.05) is 17.4 Å². The minimum atomic E-state index is 0.725. The van der Waals surface area contributed by atoms with Gasteiger partial charge in [-0.3, -0.25) is 0 Å². The molecule has 4 nitrogen and oxygen atoms in total. The zero-order valence-corrected chi connectivity index (χ0v) is 11.1. The second-order valence-corrected chi connectivity index (χ2v) is 5.15. The lowest BCUT2D eigenvalue weighted by Crippen LogP contribution is -1.92. The van der Waals surface area contributed by atoms with Crippen molar-refractivity contribution in [3.05, 3.63) is 22.1 Å². The Hall–Kier alpha value is -1.14. The predicted molar refractivity (Wildman–Crippen MR) is 66.1 cm³/mol. The third-order valence-electron chi connectivity index (χ3n) is 2.04. The molecule has 0 saturated carbocycles. The molecule has 0 atom stereocenters. The Labute approximate surface area is 105 Å². The second-order valence-electron chi connectivity index (χ2n) is 2.90. The number of hydrogen-bond donors (Lipinski definition) is 0. The molecule has 84 valence electrons. The Kier molecular flexibility index (Phi) is 3.40. The van der Waals surface area contributed by atoms with Crippen LogP contribution in [0, 0.1) is 0 Å². The van der Waals surface area contributed by atoms with E-state index in [2.05, 4.69) is 26.1 Å². The molecule has 0 N–H and O–H groups in total. The molecule has 2 aromatic rings. The van der Waals surface area contributed by atoms with Gasteiger partial charge in [0.25, 0.3) is 0 Å². The van der Waals surface area contributed by atoms with Crippen LogP contribution in [0.2, 0.25) is 0 Å². The van der Waals surface area contributed by atoms with Crippen molar-refractivity contribution in [2.75, 3.05) is 14.2 Å². The first kappa shape index (κ1) is 11.3. The van der Waals surface area contributed by atoms with Crippen molar-refractivity contribution in [2.45, 2.75) is 0 Å². The van der Waals surface area contributed by atoms with Gasteiger partial charge in [0.05, 0.1) is 19.8 Å². The first-order chi connectivity index (χ1) is 7.76. The molecule has 0 aliphatic carbocycles. The summed E-state index contributed by atoms with van der Waals surface area (Å²) in [4.78, 5) is 0. The summed E-state index contributed by atoms with van der Waals surface area (Å²) in [6.07, 6.45) is 0. The van der Waals surface area contributed by atoms with Crippen LogP contribution < -0.4 is 9.47 Å². The standard InChI is InChI=1S/C10H9BrN2O2S/c1-14-6-4-3-5-7(15-2)8(6)9-12-13-10(11)16-9/h3-5H,1-2H3. The van der Waals surface area contributed by atoms with Crippen LogP contribution in [-0.4, -0.2) is 24.4 Å². The summed E-state index contributed by atoms with van der Waals surface area (Å²) in [5, 5.41) is 8.75.